The molecule has 132 valence electrons. The normalized spacial score (nSPS) is 16.9. The maximum Gasteiger partial charge on any atom is 0.270 e. The molecule has 1 aromatic carbocycles. The highest BCUT2D eigenvalue weighted by atomic mass is 32.2. The standard InChI is InChI=1S/C13H12FN5O4S2/c1-25(21,22)19-13-17-16-12(24-13)15-11(20)10-6-9(18-23-10)7-3-2-4-8(14)5-7/h2-5,10H,6H2,1H3,(H,17,19)(H,15,16,20). The van der Waals surface area contributed by atoms with Gasteiger partial charge in [0.25, 0.3) is 5.91 Å². The third kappa shape index (κ3) is 4.48. The Morgan fingerprint density at radius 1 is 1.36 bits per heavy atom. The number of oxime groups is 1. The van der Waals surface area contributed by atoms with E-state index in [2.05, 4.69) is 25.4 Å². The molecular weight excluding hydrogens is 373 g/mol. The zero-order valence-electron chi connectivity index (χ0n) is 12.8. The van der Waals surface area contributed by atoms with E-state index in [0.717, 1.165) is 17.6 Å². The van der Waals surface area contributed by atoms with Gasteiger partial charge in [0.05, 0.1) is 12.0 Å². The first-order chi connectivity index (χ1) is 11.8. The number of benzene rings is 1. The quantitative estimate of drug-likeness (QED) is 0.797. The fraction of sp³-hybridized carbons (Fsp3) is 0.231. The Hall–Kier alpha value is -2.60. The molecule has 1 aromatic heterocycles. The van der Waals surface area contributed by atoms with Gasteiger partial charge in [0.15, 0.2) is 0 Å². The summed E-state index contributed by atoms with van der Waals surface area (Å²) in [5.74, 6) is -0.926. The SMILES string of the molecule is CS(=O)(=O)Nc1nnc(NC(=O)C2CC(c3cccc(F)c3)=NO2)s1. The van der Waals surface area contributed by atoms with E-state index in [-0.39, 0.29) is 16.7 Å². The van der Waals surface area contributed by atoms with E-state index in [4.69, 9.17) is 4.84 Å². The van der Waals surface area contributed by atoms with Crippen LogP contribution in [-0.2, 0) is 19.7 Å². The van der Waals surface area contributed by atoms with Crippen molar-refractivity contribution in [1.82, 2.24) is 10.2 Å². The summed E-state index contributed by atoms with van der Waals surface area (Å²) in [6.07, 6.45) is 0.251. The smallest absolute Gasteiger partial charge is 0.270 e. The van der Waals surface area contributed by atoms with Crippen LogP contribution in [0.5, 0.6) is 0 Å². The minimum atomic E-state index is -3.48. The van der Waals surface area contributed by atoms with Gasteiger partial charge >= 0.3 is 0 Å². The molecule has 1 atom stereocenters. The van der Waals surface area contributed by atoms with Crippen LogP contribution in [0.4, 0.5) is 14.7 Å². The van der Waals surface area contributed by atoms with Crippen LogP contribution in [0.25, 0.3) is 0 Å². The van der Waals surface area contributed by atoms with Crippen LogP contribution >= 0.6 is 11.3 Å². The van der Waals surface area contributed by atoms with Crippen molar-refractivity contribution in [3.63, 3.8) is 0 Å². The van der Waals surface area contributed by atoms with Gasteiger partial charge in [0.1, 0.15) is 5.82 Å². The Labute approximate surface area is 146 Å². The number of carbonyl (C=O) groups is 1. The summed E-state index contributed by atoms with van der Waals surface area (Å²) in [6, 6.07) is 5.82. The molecule has 1 aliphatic rings. The molecule has 0 fully saturated rings. The largest absolute Gasteiger partial charge is 0.382 e. The lowest BCUT2D eigenvalue weighted by Crippen LogP contribution is -2.28. The summed E-state index contributed by atoms with van der Waals surface area (Å²) >= 11 is 0.859. The number of nitrogens with zero attached hydrogens (tertiary/aromatic N) is 3. The van der Waals surface area contributed by atoms with Crippen LogP contribution < -0.4 is 10.0 Å². The zero-order valence-corrected chi connectivity index (χ0v) is 14.4. The highest BCUT2D eigenvalue weighted by Crippen LogP contribution is 2.23. The van der Waals surface area contributed by atoms with E-state index in [1.807, 2.05) is 0 Å². The number of aromatic nitrogens is 2. The lowest BCUT2D eigenvalue weighted by molar-refractivity contribution is -0.125. The van der Waals surface area contributed by atoms with E-state index in [1.165, 1.54) is 18.2 Å². The fourth-order valence-electron chi connectivity index (χ4n) is 2.02. The summed E-state index contributed by atoms with van der Waals surface area (Å²) in [7, 11) is -3.48. The summed E-state index contributed by atoms with van der Waals surface area (Å²) in [5, 5.41) is 13.7. The third-order valence-electron chi connectivity index (χ3n) is 3.05. The molecule has 2 aromatic rings. The zero-order chi connectivity index (χ0) is 18.0. The van der Waals surface area contributed by atoms with Gasteiger partial charge in [-0.1, -0.05) is 28.6 Å². The molecular formula is C13H12FN5O4S2. The topological polar surface area (TPSA) is 123 Å². The van der Waals surface area contributed by atoms with Crippen molar-refractivity contribution in [2.75, 3.05) is 16.3 Å². The predicted octanol–water partition coefficient (Wildman–Crippen LogP) is 1.18. The van der Waals surface area contributed by atoms with Crippen molar-refractivity contribution in [1.29, 1.82) is 0 Å². The average molecular weight is 385 g/mol. The average Bonchev–Trinajstić information content (AvgIpc) is 3.15. The molecule has 0 aliphatic carbocycles. The van der Waals surface area contributed by atoms with Gasteiger partial charge in [-0.25, -0.2) is 12.8 Å². The van der Waals surface area contributed by atoms with Crippen molar-refractivity contribution in [3.8, 4) is 0 Å². The van der Waals surface area contributed by atoms with E-state index >= 15 is 0 Å². The number of hydrogen-bond donors (Lipinski definition) is 2. The van der Waals surface area contributed by atoms with Gasteiger partial charge in [0, 0.05) is 12.0 Å². The van der Waals surface area contributed by atoms with Gasteiger partial charge in [-0.3, -0.25) is 14.8 Å². The van der Waals surface area contributed by atoms with Crippen LogP contribution in [0, 0.1) is 5.82 Å². The van der Waals surface area contributed by atoms with Crippen LogP contribution in [0.15, 0.2) is 29.4 Å². The number of nitrogens with one attached hydrogen (secondary N) is 2. The lowest BCUT2D eigenvalue weighted by atomic mass is 10.0. The monoisotopic (exact) mass is 385 g/mol. The third-order valence-corrected chi connectivity index (χ3v) is 4.49. The summed E-state index contributed by atoms with van der Waals surface area (Å²) < 4.78 is 37.6. The van der Waals surface area contributed by atoms with Crippen LogP contribution in [0.2, 0.25) is 0 Å². The second kappa shape index (κ2) is 6.72. The molecule has 0 bridgehead atoms. The Morgan fingerprint density at radius 2 is 2.12 bits per heavy atom. The Kier molecular flexibility index (Phi) is 4.63. The van der Waals surface area contributed by atoms with Gasteiger partial charge in [0.2, 0.25) is 26.4 Å². The first-order valence-corrected chi connectivity index (χ1v) is 9.62. The predicted molar refractivity (Wildman–Crippen MR) is 89.4 cm³/mol. The molecule has 0 spiro atoms. The van der Waals surface area contributed by atoms with Crippen molar-refractivity contribution < 1.29 is 22.4 Å². The minimum Gasteiger partial charge on any atom is -0.382 e. The minimum absolute atomic E-state index is 0.0295. The highest BCUT2D eigenvalue weighted by molar-refractivity contribution is 7.92. The Bertz CT molecular complexity index is 943. The number of sulfonamides is 1. The van der Waals surface area contributed by atoms with Crippen molar-refractivity contribution in [2.45, 2.75) is 12.5 Å². The molecule has 3 rings (SSSR count). The first kappa shape index (κ1) is 17.2. The number of hydrogen-bond acceptors (Lipinski definition) is 8. The molecule has 0 saturated carbocycles. The van der Waals surface area contributed by atoms with Crippen molar-refractivity contribution in [3.05, 3.63) is 35.6 Å². The molecule has 2 heterocycles. The van der Waals surface area contributed by atoms with Gasteiger partial charge in [-0.2, -0.15) is 0 Å². The Balaban J connectivity index is 1.60. The number of halogens is 1. The molecule has 1 unspecified atom stereocenters. The van der Waals surface area contributed by atoms with Crippen molar-refractivity contribution in [2.24, 2.45) is 5.16 Å². The van der Waals surface area contributed by atoms with Crippen LogP contribution in [0.3, 0.4) is 0 Å². The maximum atomic E-state index is 13.2. The molecule has 2 N–H and O–H groups in total. The van der Waals surface area contributed by atoms with E-state index in [9.17, 15) is 17.6 Å². The first-order valence-electron chi connectivity index (χ1n) is 6.91. The molecule has 9 nitrogen and oxygen atoms in total. The highest BCUT2D eigenvalue weighted by Gasteiger charge is 2.29. The van der Waals surface area contributed by atoms with Crippen LogP contribution in [0.1, 0.15) is 12.0 Å². The lowest BCUT2D eigenvalue weighted by Gasteiger charge is -2.06. The summed E-state index contributed by atoms with van der Waals surface area (Å²) in [6.45, 7) is 0. The summed E-state index contributed by atoms with van der Waals surface area (Å²) in [5.41, 5.74) is 0.988. The number of rotatable bonds is 5. The molecule has 12 heteroatoms. The van der Waals surface area contributed by atoms with E-state index < -0.39 is 27.9 Å². The number of carbonyl (C=O) groups excluding carboxylic acids is 1. The maximum absolute atomic E-state index is 13.2. The summed E-state index contributed by atoms with van der Waals surface area (Å²) in [4.78, 5) is 17.2. The van der Waals surface area contributed by atoms with Gasteiger partial charge < -0.3 is 4.84 Å². The van der Waals surface area contributed by atoms with Crippen molar-refractivity contribution >= 4 is 43.2 Å². The molecule has 1 amide bonds. The number of anilines is 2. The molecule has 1 aliphatic heterocycles. The number of amides is 1. The van der Waals surface area contributed by atoms with E-state index in [0.29, 0.717) is 11.3 Å². The molecule has 25 heavy (non-hydrogen) atoms. The second-order valence-corrected chi connectivity index (χ2v) is 7.85. The molecule has 0 radical (unpaired) electrons. The van der Waals surface area contributed by atoms with Crippen LogP contribution in [-0.4, -0.2) is 42.6 Å². The van der Waals surface area contributed by atoms with Gasteiger partial charge in [-0.15, -0.1) is 10.2 Å². The van der Waals surface area contributed by atoms with E-state index in [1.54, 1.807) is 6.07 Å². The Morgan fingerprint density at radius 3 is 2.84 bits per heavy atom. The molecule has 0 saturated heterocycles. The second-order valence-electron chi connectivity index (χ2n) is 5.12. The van der Waals surface area contributed by atoms with Gasteiger partial charge in [-0.05, 0) is 12.1 Å². The fourth-order valence-corrected chi connectivity index (χ4v) is 3.49.